The van der Waals surface area contributed by atoms with Crippen LogP contribution in [-0.2, 0) is 0 Å². The number of amides is 1. The number of carbonyl (C=O) groups excluding carboxylic acids is 1. The molecule has 0 spiro atoms. The third-order valence-electron chi connectivity index (χ3n) is 2.92. The molecule has 0 fully saturated rings. The fraction of sp³-hybridized carbons (Fsp3) is 0.571. The van der Waals surface area contributed by atoms with Gasteiger partial charge in [-0.3, -0.25) is 4.79 Å². The lowest BCUT2D eigenvalue weighted by Crippen LogP contribution is -2.21. The lowest BCUT2D eigenvalue weighted by atomic mass is 10.0. The Morgan fingerprint density at radius 2 is 2.11 bits per heavy atom. The van der Waals surface area contributed by atoms with E-state index < -0.39 is 11.7 Å². The molecule has 3 N–H and O–H groups in total. The van der Waals surface area contributed by atoms with Gasteiger partial charge in [0, 0.05) is 6.04 Å². The van der Waals surface area contributed by atoms with Crippen LogP contribution in [-0.4, -0.2) is 16.9 Å². The van der Waals surface area contributed by atoms with Crippen molar-refractivity contribution < 1.29 is 9.18 Å². The van der Waals surface area contributed by atoms with E-state index in [1.807, 2.05) is 6.92 Å². The number of nitrogens with two attached hydrogens (primary N) is 1. The van der Waals surface area contributed by atoms with Crippen LogP contribution in [0.2, 0.25) is 0 Å². The van der Waals surface area contributed by atoms with Crippen molar-refractivity contribution in [3.63, 3.8) is 0 Å². The Balaban J connectivity index is 2.63. The van der Waals surface area contributed by atoms with E-state index in [2.05, 4.69) is 24.1 Å². The molecule has 0 aliphatic rings. The van der Waals surface area contributed by atoms with Crippen LogP contribution in [0.25, 0.3) is 0 Å². The fourth-order valence-electron chi connectivity index (χ4n) is 1.88. The summed E-state index contributed by atoms with van der Waals surface area (Å²) in [5, 5.41) is 3.11. The first-order valence-electron chi connectivity index (χ1n) is 6.62. The zero-order valence-electron chi connectivity index (χ0n) is 11.7. The molecule has 1 heterocycles. The maximum absolute atomic E-state index is 13.0. The smallest absolute Gasteiger partial charge is 0.252 e. The number of nitrogens with zero attached hydrogens (tertiary/aromatic N) is 1. The largest absolute Gasteiger partial charge is 0.367 e. The molecule has 1 rings (SSSR count). The van der Waals surface area contributed by atoms with Gasteiger partial charge in [-0.05, 0) is 25.3 Å². The number of nitrogens with one attached hydrogen (secondary N) is 1. The van der Waals surface area contributed by atoms with Crippen molar-refractivity contribution in [2.24, 2.45) is 11.7 Å². The van der Waals surface area contributed by atoms with Crippen molar-refractivity contribution in [2.75, 3.05) is 5.32 Å². The van der Waals surface area contributed by atoms with Crippen LogP contribution < -0.4 is 11.1 Å². The molecule has 0 saturated carbocycles. The second kappa shape index (κ2) is 7.07. The van der Waals surface area contributed by atoms with Crippen LogP contribution in [0.15, 0.2) is 12.3 Å². The third kappa shape index (κ3) is 5.24. The van der Waals surface area contributed by atoms with Gasteiger partial charge in [0.1, 0.15) is 11.6 Å². The van der Waals surface area contributed by atoms with Crippen LogP contribution >= 0.6 is 0 Å². The lowest BCUT2D eigenvalue weighted by Gasteiger charge is -2.16. The molecule has 1 amide bonds. The van der Waals surface area contributed by atoms with Gasteiger partial charge in [-0.25, -0.2) is 9.37 Å². The molecule has 106 valence electrons. The molecular weight excluding hydrogens is 245 g/mol. The molecule has 0 bridgehead atoms. The number of carbonyl (C=O) groups is 1. The summed E-state index contributed by atoms with van der Waals surface area (Å²) in [4.78, 5) is 15.1. The number of aromatic nitrogens is 1. The van der Waals surface area contributed by atoms with Crippen LogP contribution in [0.4, 0.5) is 10.2 Å². The average Bonchev–Trinajstić information content (AvgIpc) is 2.30. The van der Waals surface area contributed by atoms with Crippen molar-refractivity contribution in [3.8, 4) is 0 Å². The molecule has 0 aromatic carbocycles. The SMILES string of the molecule is CC(C)CCCC(C)Nc1ncc(F)cc1C(N)=O. The second-order valence-electron chi connectivity index (χ2n) is 5.28. The molecule has 1 aromatic rings. The monoisotopic (exact) mass is 267 g/mol. The van der Waals surface area contributed by atoms with Gasteiger partial charge in [-0.1, -0.05) is 26.7 Å². The predicted molar refractivity (Wildman–Crippen MR) is 74.5 cm³/mol. The van der Waals surface area contributed by atoms with Crippen molar-refractivity contribution in [2.45, 2.75) is 46.1 Å². The highest BCUT2D eigenvalue weighted by Gasteiger charge is 2.13. The van der Waals surface area contributed by atoms with Crippen molar-refractivity contribution in [1.29, 1.82) is 0 Å². The first-order chi connectivity index (χ1) is 8.90. The standard InChI is InChI=1S/C14H22FN3O/c1-9(2)5-4-6-10(3)18-14-12(13(16)19)7-11(15)8-17-14/h7-10H,4-6H2,1-3H3,(H2,16,19)(H,17,18). The molecule has 1 unspecified atom stereocenters. The molecule has 5 heteroatoms. The first-order valence-corrected chi connectivity index (χ1v) is 6.62. The second-order valence-corrected chi connectivity index (χ2v) is 5.28. The molecule has 4 nitrogen and oxygen atoms in total. The van der Waals surface area contributed by atoms with E-state index in [0.717, 1.165) is 31.5 Å². The predicted octanol–water partition coefficient (Wildman–Crippen LogP) is 2.95. The zero-order chi connectivity index (χ0) is 14.4. The van der Waals surface area contributed by atoms with Crippen molar-refractivity contribution in [1.82, 2.24) is 4.98 Å². The van der Waals surface area contributed by atoms with E-state index in [0.29, 0.717) is 11.7 Å². The normalized spacial score (nSPS) is 12.5. The summed E-state index contributed by atoms with van der Waals surface area (Å²) in [5.74, 6) is -0.209. The Kier molecular flexibility index (Phi) is 5.73. The van der Waals surface area contributed by atoms with Crippen LogP contribution in [0.1, 0.15) is 50.4 Å². The Labute approximate surface area is 113 Å². The first kappa shape index (κ1) is 15.4. The van der Waals surface area contributed by atoms with E-state index >= 15 is 0 Å². The maximum Gasteiger partial charge on any atom is 0.252 e. The maximum atomic E-state index is 13.0. The lowest BCUT2D eigenvalue weighted by molar-refractivity contribution is 0.100. The van der Waals surface area contributed by atoms with E-state index in [4.69, 9.17) is 5.73 Å². The highest BCUT2D eigenvalue weighted by atomic mass is 19.1. The third-order valence-corrected chi connectivity index (χ3v) is 2.92. The van der Waals surface area contributed by atoms with Gasteiger partial charge < -0.3 is 11.1 Å². The molecule has 19 heavy (non-hydrogen) atoms. The summed E-state index contributed by atoms with van der Waals surface area (Å²) >= 11 is 0. The number of anilines is 1. The summed E-state index contributed by atoms with van der Waals surface area (Å²) in [5.41, 5.74) is 5.31. The summed E-state index contributed by atoms with van der Waals surface area (Å²) in [6.07, 6.45) is 4.30. The molecular formula is C14H22FN3O. The van der Waals surface area contributed by atoms with Crippen LogP contribution in [0.3, 0.4) is 0 Å². The molecule has 0 aliphatic heterocycles. The van der Waals surface area contributed by atoms with Crippen molar-refractivity contribution >= 4 is 11.7 Å². The van der Waals surface area contributed by atoms with Crippen LogP contribution in [0, 0.1) is 11.7 Å². The minimum absolute atomic E-state index is 0.0932. The van der Waals surface area contributed by atoms with E-state index in [1.54, 1.807) is 0 Å². The summed E-state index contributed by atoms with van der Waals surface area (Å²) in [6.45, 7) is 6.38. The summed E-state index contributed by atoms with van der Waals surface area (Å²) in [6, 6.07) is 1.27. The highest BCUT2D eigenvalue weighted by Crippen LogP contribution is 2.16. The number of hydrogen-bond acceptors (Lipinski definition) is 3. The van der Waals surface area contributed by atoms with Gasteiger partial charge in [-0.2, -0.15) is 0 Å². The number of hydrogen-bond donors (Lipinski definition) is 2. The topological polar surface area (TPSA) is 68.0 Å². The van der Waals surface area contributed by atoms with Gasteiger partial charge in [0.05, 0.1) is 11.8 Å². The highest BCUT2D eigenvalue weighted by molar-refractivity contribution is 5.97. The summed E-state index contributed by atoms with van der Waals surface area (Å²) in [7, 11) is 0. The van der Waals surface area contributed by atoms with Gasteiger partial charge in [0.15, 0.2) is 0 Å². The van der Waals surface area contributed by atoms with E-state index in [9.17, 15) is 9.18 Å². The number of pyridine rings is 1. The van der Waals surface area contributed by atoms with Gasteiger partial charge in [-0.15, -0.1) is 0 Å². The van der Waals surface area contributed by atoms with E-state index in [-0.39, 0.29) is 11.6 Å². The average molecular weight is 267 g/mol. The molecule has 0 radical (unpaired) electrons. The minimum atomic E-state index is -0.677. The summed E-state index contributed by atoms with van der Waals surface area (Å²) < 4.78 is 13.0. The molecule has 0 saturated heterocycles. The van der Waals surface area contributed by atoms with Gasteiger partial charge in [0.2, 0.25) is 0 Å². The quantitative estimate of drug-likeness (QED) is 0.798. The Morgan fingerprint density at radius 1 is 1.42 bits per heavy atom. The van der Waals surface area contributed by atoms with E-state index in [1.165, 1.54) is 0 Å². The van der Waals surface area contributed by atoms with Crippen LogP contribution in [0.5, 0.6) is 0 Å². The minimum Gasteiger partial charge on any atom is -0.367 e. The van der Waals surface area contributed by atoms with Gasteiger partial charge >= 0.3 is 0 Å². The zero-order valence-corrected chi connectivity index (χ0v) is 11.7. The Bertz CT molecular complexity index is 435. The number of primary amides is 1. The Morgan fingerprint density at radius 3 is 2.68 bits per heavy atom. The number of halogens is 1. The molecule has 1 atom stereocenters. The van der Waals surface area contributed by atoms with Gasteiger partial charge in [0.25, 0.3) is 5.91 Å². The fourth-order valence-corrected chi connectivity index (χ4v) is 1.88. The molecule has 1 aromatic heterocycles. The van der Waals surface area contributed by atoms with Crippen molar-refractivity contribution in [3.05, 3.63) is 23.6 Å². The molecule has 0 aliphatic carbocycles. The Hall–Kier alpha value is -1.65. The number of rotatable bonds is 7.